The van der Waals surface area contributed by atoms with Crippen molar-refractivity contribution in [2.24, 2.45) is 5.92 Å². The Bertz CT molecular complexity index is 882. The van der Waals surface area contributed by atoms with E-state index in [1.54, 1.807) is 23.2 Å². The van der Waals surface area contributed by atoms with Crippen LogP contribution in [0, 0.1) is 5.92 Å². The van der Waals surface area contributed by atoms with E-state index >= 15 is 0 Å². The van der Waals surface area contributed by atoms with E-state index in [0.717, 1.165) is 11.5 Å². The highest BCUT2D eigenvalue weighted by molar-refractivity contribution is 6.31. The number of amides is 2. The van der Waals surface area contributed by atoms with Gasteiger partial charge in [0.25, 0.3) is 0 Å². The lowest BCUT2D eigenvalue weighted by Gasteiger charge is -2.36. The third-order valence-electron chi connectivity index (χ3n) is 5.22. The summed E-state index contributed by atoms with van der Waals surface area (Å²) in [6.45, 7) is 3.05. The molecule has 1 atom stereocenters. The zero-order valence-electron chi connectivity index (χ0n) is 15.2. The smallest absolute Gasteiger partial charge is 0.228 e. The number of nitrogens with zero attached hydrogens (tertiary/aromatic N) is 4. The van der Waals surface area contributed by atoms with E-state index < -0.39 is 0 Å². The molecule has 0 saturated carbocycles. The molecule has 1 unspecified atom stereocenters. The largest absolute Gasteiger partial charge is 0.353 e. The molecule has 6 nitrogen and oxygen atoms in total. The quantitative estimate of drug-likeness (QED) is 0.768. The first-order chi connectivity index (χ1) is 13.5. The lowest BCUT2D eigenvalue weighted by atomic mass is 10.1. The van der Waals surface area contributed by atoms with Crippen LogP contribution in [0.15, 0.2) is 42.6 Å². The number of hydrogen-bond acceptors (Lipinski definition) is 4. The molecule has 2 fully saturated rings. The number of anilines is 2. The molecule has 2 aliphatic heterocycles. The Labute approximate surface area is 173 Å². The van der Waals surface area contributed by atoms with Gasteiger partial charge in [-0.05, 0) is 30.3 Å². The third-order valence-corrected chi connectivity index (χ3v) is 5.68. The zero-order valence-corrected chi connectivity index (χ0v) is 16.7. The molecule has 2 amide bonds. The molecule has 0 aliphatic carbocycles. The van der Waals surface area contributed by atoms with Crippen molar-refractivity contribution in [1.82, 2.24) is 9.88 Å². The van der Waals surface area contributed by atoms with Gasteiger partial charge in [0.05, 0.1) is 10.9 Å². The van der Waals surface area contributed by atoms with Crippen molar-refractivity contribution in [2.75, 3.05) is 42.5 Å². The summed E-state index contributed by atoms with van der Waals surface area (Å²) in [7, 11) is 0. The fourth-order valence-corrected chi connectivity index (χ4v) is 4.03. The van der Waals surface area contributed by atoms with E-state index in [4.69, 9.17) is 23.2 Å². The molecule has 0 N–H and O–H groups in total. The van der Waals surface area contributed by atoms with Gasteiger partial charge in [0.1, 0.15) is 5.82 Å². The maximum Gasteiger partial charge on any atom is 0.228 e. The number of carbonyl (C=O) groups excluding carboxylic acids is 2. The summed E-state index contributed by atoms with van der Waals surface area (Å²) in [6.07, 6.45) is 1.87. The molecule has 2 aromatic rings. The number of carbonyl (C=O) groups is 2. The van der Waals surface area contributed by atoms with Crippen LogP contribution in [0.3, 0.4) is 0 Å². The standard InChI is InChI=1S/C20H20Cl2N4O2/c21-15-2-1-3-17(11-15)26-13-14(10-19(26)27)20(28)25-8-6-24(7-9-25)18-5-4-16(22)12-23-18/h1-5,11-12,14H,6-10,13H2. The van der Waals surface area contributed by atoms with Gasteiger partial charge in [0.2, 0.25) is 11.8 Å². The normalized spacial score (nSPS) is 20.0. The Balaban J connectivity index is 1.36. The number of hydrogen-bond donors (Lipinski definition) is 0. The fraction of sp³-hybridized carbons (Fsp3) is 0.350. The minimum Gasteiger partial charge on any atom is -0.353 e. The number of halogens is 2. The Morgan fingerprint density at radius 2 is 1.82 bits per heavy atom. The van der Waals surface area contributed by atoms with Gasteiger partial charge in [-0.25, -0.2) is 4.98 Å². The van der Waals surface area contributed by atoms with Crippen LogP contribution in [-0.2, 0) is 9.59 Å². The van der Waals surface area contributed by atoms with Crippen LogP contribution in [0.4, 0.5) is 11.5 Å². The SMILES string of the molecule is O=C(C1CC(=O)N(c2cccc(Cl)c2)C1)N1CCN(c2ccc(Cl)cn2)CC1. The second kappa shape index (κ2) is 7.97. The van der Waals surface area contributed by atoms with Crippen molar-refractivity contribution < 1.29 is 9.59 Å². The predicted molar refractivity (Wildman–Crippen MR) is 110 cm³/mol. The minimum absolute atomic E-state index is 0.0374. The maximum atomic E-state index is 12.9. The number of rotatable bonds is 3. The van der Waals surface area contributed by atoms with Crippen LogP contribution in [0.2, 0.25) is 10.0 Å². The van der Waals surface area contributed by atoms with E-state index in [1.807, 2.05) is 29.2 Å². The molecule has 0 spiro atoms. The summed E-state index contributed by atoms with van der Waals surface area (Å²) in [5.41, 5.74) is 0.742. The van der Waals surface area contributed by atoms with Crippen LogP contribution in [0.1, 0.15) is 6.42 Å². The first-order valence-corrected chi connectivity index (χ1v) is 9.98. The van der Waals surface area contributed by atoms with E-state index in [-0.39, 0.29) is 24.2 Å². The van der Waals surface area contributed by atoms with Gasteiger partial charge in [0, 0.05) is 56.1 Å². The fourth-order valence-electron chi connectivity index (χ4n) is 3.74. The molecule has 146 valence electrons. The molecule has 3 heterocycles. The van der Waals surface area contributed by atoms with E-state index in [0.29, 0.717) is 42.8 Å². The molecule has 1 aromatic carbocycles. The first-order valence-electron chi connectivity index (χ1n) is 9.22. The molecule has 2 saturated heterocycles. The average Bonchev–Trinajstić information content (AvgIpc) is 3.10. The van der Waals surface area contributed by atoms with Crippen LogP contribution < -0.4 is 9.80 Å². The molecule has 0 bridgehead atoms. The molecule has 8 heteroatoms. The Morgan fingerprint density at radius 1 is 1.04 bits per heavy atom. The number of aromatic nitrogens is 1. The summed E-state index contributed by atoms with van der Waals surface area (Å²) in [4.78, 5) is 35.4. The van der Waals surface area contributed by atoms with Gasteiger partial charge in [-0.2, -0.15) is 0 Å². The summed E-state index contributed by atoms with van der Waals surface area (Å²) in [5, 5.41) is 1.18. The summed E-state index contributed by atoms with van der Waals surface area (Å²) >= 11 is 11.9. The first kappa shape index (κ1) is 19.0. The molecule has 1 aromatic heterocycles. The van der Waals surface area contributed by atoms with Crippen LogP contribution >= 0.6 is 23.2 Å². The summed E-state index contributed by atoms with van der Waals surface area (Å²) in [6, 6.07) is 10.9. The van der Waals surface area contributed by atoms with Crippen LogP contribution in [0.5, 0.6) is 0 Å². The molecule has 4 rings (SSSR count). The van der Waals surface area contributed by atoms with Gasteiger partial charge >= 0.3 is 0 Å². The van der Waals surface area contributed by atoms with Crippen LogP contribution in [0.25, 0.3) is 0 Å². The van der Waals surface area contributed by atoms with Crippen molar-refractivity contribution in [3.8, 4) is 0 Å². The second-order valence-electron chi connectivity index (χ2n) is 7.03. The minimum atomic E-state index is -0.313. The highest BCUT2D eigenvalue weighted by Gasteiger charge is 2.38. The number of pyridine rings is 1. The van der Waals surface area contributed by atoms with Gasteiger partial charge < -0.3 is 14.7 Å². The molecule has 0 radical (unpaired) electrons. The molecule has 28 heavy (non-hydrogen) atoms. The lowest BCUT2D eigenvalue weighted by Crippen LogP contribution is -2.51. The third kappa shape index (κ3) is 3.93. The number of benzene rings is 1. The molecule has 2 aliphatic rings. The zero-order chi connectivity index (χ0) is 19.7. The summed E-state index contributed by atoms with van der Waals surface area (Å²) < 4.78 is 0. The van der Waals surface area contributed by atoms with Crippen molar-refractivity contribution in [2.45, 2.75) is 6.42 Å². The van der Waals surface area contributed by atoms with Gasteiger partial charge in [-0.3, -0.25) is 9.59 Å². The maximum absolute atomic E-state index is 12.9. The predicted octanol–water partition coefficient (Wildman–Crippen LogP) is 3.09. The Morgan fingerprint density at radius 3 is 2.50 bits per heavy atom. The lowest BCUT2D eigenvalue weighted by molar-refractivity contribution is -0.136. The van der Waals surface area contributed by atoms with Crippen LogP contribution in [-0.4, -0.2) is 54.4 Å². The van der Waals surface area contributed by atoms with Crippen molar-refractivity contribution >= 4 is 46.5 Å². The summed E-state index contributed by atoms with van der Waals surface area (Å²) in [5.74, 6) is 0.553. The average molecular weight is 419 g/mol. The topological polar surface area (TPSA) is 56.8 Å². The van der Waals surface area contributed by atoms with Crippen molar-refractivity contribution in [3.63, 3.8) is 0 Å². The van der Waals surface area contributed by atoms with Gasteiger partial charge in [-0.15, -0.1) is 0 Å². The van der Waals surface area contributed by atoms with Crippen molar-refractivity contribution in [3.05, 3.63) is 52.6 Å². The molecular formula is C20H20Cl2N4O2. The highest BCUT2D eigenvalue weighted by Crippen LogP contribution is 2.28. The second-order valence-corrected chi connectivity index (χ2v) is 7.91. The van der Waals surface area contributed by atoms with Gasteiger partial charge in [0.15, 0.2) is 0 Å². The van der Waals surface area contributed by atoms with Gasteiger partial charge in [-0.1, -0.05) is 29.3 Å². The van der Waals surface area contributed by atoms with Crippen molar-refractivity contribution in [1.29, 1.82) is 0 Å². The highest BCUT2D eigenvalue weighted by atomic mass is 35.5. The monoisotopic (exact) mass is 418 g/mol. The Kier molecular flexibility index (Phi) is 5.42. The Hall–Kier alpha value is -2.31. The van der Waals surface area contributed by atoms with E-state index in [2.05, 4.69) is 9.88 Å². The van der Waals surface area contributed by atoms with E-state index in [9.17, 15) is 9.59 Å². The van der Waals surface area contributed by atoms with E-state index in [1.165, 1.54) is 0 Å². The number of piperazine rings is 1. The molecular weight excluding hydrogens is 399 g/mol.